The summed E-state index contributed by atoms with van der Waals surface area (Å²) in [6, 6.07) is 7.41. The van der Waals surface area contributed by atoms with Gasteiger partial charge in [-0.15, -0.1) is 10.2 Å². The van der Waals surface area contributed by atoms with Gasteiger partial charge in [0.05, 0.1) is 18.8 Å². The zero-order valence-corrected chi connectivity index (χ0v) is 13.5. The molecule has 0 spiro atoms. The Bertz CT molecular complexity index is 871. The molecule has 0 saturated carbocycles. The lowest BCUT2D eigenvalue weighted by molar-refractivity contribution is 0.103. The number of carbonyl (C=O) groups is 1. The van der Waals surface area contributed by atoms with Crippen molar-refractivity contribution in [3.05, 3.63) is 65.5 Å². The van der Waals surface area contributed by atoms with Crippen LogP contribution in [0.25, 0.3) is 5.76 Å². The van der Waals surface area contributed by atoms with Crippen molar-refractivity contribution >= 4 is 11.5 Å². The fourth-order valence-electron chi connectivity index (χ4n) is 2.31. The fraction of sp³-hybridized carbons (Fsp3) is 0.188. The van der Waals surface area contributed by atoms with Gasteiger partial charge in [0.15, 0.2) is 0 Å². The lowest BCUT2D eigenvalue weighted by atomic mass is 10.2. The Morgan fingerprint density at radius 1 is 1.44 bits per heavy atom. The normalized spacial score (nSPS) is 11.6. The summed E-state index contributed by atoms with van der Waals surface area (Å²) in [6.45, 7) is 0.879. The monoisotopic (exact) mass is 340 g/mol. The van der Waals surface area contributed by atoms with Crippen LogP contribution in [0.15, 0.2) is 42.7 Å². The summed E-state index contributed by atoms with van der Waals surface area (Å²) in [5, 5.41) is 22.9. The minimum absolute atomic E-state index is 0.114. The number of rotatable bonds is 7. The Morgan fingerprint density at radius 3 is 3.00 bits per heavy atom. The van der Waals surface area contributed by atoms with Gasteiger partial charge in [-0.25, -0.2) is 0 Å². The highest BCUT2D eigenvalue weighted by Crippen LogP contribution is 2.18. The summed E-state index contributed by atoms with van der Waals surface area (Å²) in [4.78, 5) is 16.2. The molecule has 25 heavy (non-hydrogen) atoms. The summed E-state index contributed by atoms with van der Waals surface area (Å²) in [6.07, 6.45) is 4.51. The predicted molar refractivity (Wildman–Crippen MR) is 87.6 cm³/mol. The van der Waals surface area contributed by atoms with E-state index >= 15 is 0 Å². The summed E-state index contributed by atoms with van der Waals surface area (Å²) >= 11 is 0. The van der Waals surface area contributed by atoms with E-state index in [-0.39, 0.29) is 11.6 Å². The van der Waals surface area contributed by atoms with Crippen molar-refractivity contribution in [1.82, 2.24) is 30.2 Å². The number of carbonyl (C=O) groups excluding carboxylic acids is 1. The van der Waals surface area contributed by atoms with Crippen molar-refractivity contribution in [2.45, 2.75) is 13.2 Å². The number of allylic oxidation sites excluding steroid dienone is 1. The van der Waals surface area contributed by atoms with Gasteiger partial charge in [0.25, 0.3) is 0 Å². The number of nitrogens with zero attached hydrogens (tertiary/aromatic N) is 5. The summed E-state index contributed by atoms with van der Waals surface area (Å²) in [5.74, 6) is -0.847. The number of hydrogen-bond donors (Lipinski definition) is 2. The SMILES string of the molecule is COCc1cc(C(O)=CC(=O)c2nn[nH]n2)cn1Cc1ccccn1. The summed E-state index contributed by atoms with van der Waals surface area (Å²) in [7, 11) is 1.59. The van der Waals surface area contributed by atoms with Crippen molar-refractivity contribution in [2.24, 2.45) is 0 Å². The Balaban J connectivity index is 1.86. The van der Waals surface area contributed by atoms with Crippen LogP contribution >= 0.6 is 0 Å². The first kappa shape index (κ1) is 16.5. The van der Waals surface area contributed by atoms with E-state index in [9.17, 15) is 9.90 Å². The third kappa shape index (κ3) is 3.96. The number of methoxy groups -OCH3 is 1. The van der Waals surface area contributed by atoms with Gasteiger partial charge < -0.3 is 14.4 Å². The van der Waals surface area contributed by atoms with Crippen LogP contribution in [0.4, 0.5) is 0 Å². The minimum atomic E-state index is -0.544. The third-order valence-corrected chi connectivity index (χ3v) is 3.47. The first-order chi connectivity index (χ1) is 12.2. The molecule has 0 atom stereocenters. The zero-order chi connectivity index (χ0) is 17.6. The number of ketones is 1. The highest BCUT2D eigenvalue weighted by molar-refractivity contribution is 6.05. The summed E-state index contributed by atoms with van der Waals surface area (Å²) < 4.78 is 7.10. The second-order valence-corrected chi connectivity index (χ2v) is 5.23. The van der Waals surface area contributed by atoms with E-state index in [0.717, 1.165) is 17.5 Å². The molecule has 0 aliphatic carbocycles. The second-order valence-electron chi connectivity index (χ2n) is 5.23. The maximum atomic E-state index is 11.9. The number of ether oxygens (including phenoxy) is 1. The lowest BCUT2D eigenvalue weighted by Crippen LogP contribution is -2.05. The standard InChI is InChI=1S/C16H16N6O3/c1-25-10-13-6-11(8-22(13)9-12-4-2-3-5-17-12)14(23)7-15(24)16-18-20-21-19-16/h2-8,23H,9-10H2,1H3,(H,18,19,20,21). The smallest absolute Gasteiger partial charge is 0.244 e. The number of aromatic nitrogens is 6. The Hall–Kier alpha value is -3.33. The molecular formula is C16H16N6O3. The van der Waals surface area contributed by atoms with E-state index in [2.05, 4.69) is 25.6 Å². The van der Waals surface area contributed by atoms with Gasteiger partial charge in [0.1, 0.15) is 5.76 Å². The molecule has 0 aromatic carbocycles. The van der Waals surface area contributed by atoms with Gasteiger partial charge in [0.2, 0.25) is 11.6 Å². The molecule has 0 unspecified atom stereocenters. The molecule has 0 aliphatic rings. The molecule has 3 aromatic heterocycles. The van der Waals surface area contributed by atoms with Crippen molar-refractivity contribution in [3.63, 3.8) is 0 Å². The quantitative estimate of drug-likeness (QED) is 0.379. The fourth-order valence-corrected chi connectivity index (χ4v) is 2.31. The van der Waals surface area contributed by atoms with Crippen LogP contribution in [0.3, 0.4) is 0 Å². The van der Waals surface area contributed by atoms with Crippen LogP contribution in [0.1, 0.15) is 27.6 Å². The maximum absolute atomic E-state index is 11.9. The van der Waals surface area contributed by atoms with E-state index in [1.165, 1.54) is 0 Å². The molecule has 0 amide bonds. The second kappa shape index (κ2) is 7.49. The first-order valence-electron chi connectivity index (χ1n) is 7.44. The molecule has 0 aliphatic heterocycles. The highest BCUT2D eigenvalue weighted by atomic mass is 16.5. The average Bonchev–Trinajstić information content (AvgIpc) is 3.27. The van der Waals surface area contributed by atoms with Crippen LogP contribution in [0.2, 0.25) is 0 Å². The van der Waals surface area contributed by atoms with Gasteiger partial charge in [-0.05, 0) is 23.4 Å². The average molecular weight is 340 g/mol. The van der Waals surface area contributed by atoms with Gasteiger partial charge in [-0.1, -0.05) is 6.07 Å². The third-order valence-electron chi connectivity index (χ3n) is 3.47. The van der Waals surface area contributed by atoms with Gasteiger partial charge >= 0.3 is 0 Å². The number of aliphatic hydroxyl groups is 1. The van der Waals surface area contributed by atoms with Crippen molar-refractivity contribution in [3.8, 4) is 0 Å². The van der Waals surface area contributed by atoms with E-state index in [4.69, 9.17) is 4.74 Å². The molecule has 9 nitrogen and oxygen atoms in total. The van der Waals surface area contributed by atoms with Crippen molar-refractivity contribution < 1.29 is 14.6 Å². The molecule has 0 saturated heterocycles. The molecule has 0 fully saturated rings. The Kier molecular flexibility index (Phi) is 4.95. The van der Waals surface area contributed by atoms with Crippen LogP contribution in [0.5, 0.6) is 0 Å². The number of nitrogens with one attached hydrogen (secondary N) is 1. The van der Waals surface area contributed by atoms with E-state index < -0.39 is 5.78 Å². The van der Waals surface area contributed by atoms with Crippen LogP contribution in [-0.2, 0) is 17.9 Å². The Morgan fingerprint density at radius 2 is 2.32 bits per heavy atom. The molecular weight excluding hydrogens is 324 g/mol. The van der Waals surface area contributed by atoms with Crippen LogP contribution < -0.4 is 0 Å². The lowest BCUT2D eigenvalue weighted by Gasteiger charge is -2.07. The largest absolute Gasteiger partial charge is 0.507 e. The molecule has 2 N–H and O–H groups in total. The van der Waals surface area contributed by atoms with Gasteiger partial charge in [0, 0.05) is 36.8 Å². The molecule has 9 heteroatoms. The Labute approximate surface area is 143 Å². The summed E-state index contributed by atoms with van der Waals surface area (Å²) in [5.41, 5.74) is 2.20. The topological polar surface area (TPSA) is 119 Å². The van der Waals surface area contributed by atoms with E-state index in [1.807, 2.05) is 22.8 Å². The molecule has 128 valence electrons. The molecule has 3 heterocycles. The van der Waals surface area contributed by atoms with Gasteiger partial charge in [-0.3, -0.25) is 9.78 Å². The van der Waals surface area contributed by atoms with Crippen molar-refractivity contribution in [2.75, 3.05) is 7.11 Å². The molecule has 0 radical (unpaired) electrons. The first-order valence-corrected chi connectivity index (χ1v) is 7.44. The number of aliphatic hydroxyl groups excluding tert-OH is 1. The molecule has 3 aromatic rings. The van der Waals surface area contributed by atoms with Gasteiger partial charge in [-0.2, -0.15) is 5.21 Å². The minimum Gasteiger partial charge on any atom is -0.507 e. The zero-order valence-electron chi connectivity index (χ0n) is 13.5. The maximum Gasteiger partial charge on any atom is 0.244 e. The predicted octanol–water partition coefficient (Wildman–Crippen LogP) is 1.37. The van der Waals surface area contributed by atoms with Crippen LogP contribution in [-0.4, -0.2) is 48.2 Å². The van der Waals surface area contributed by atoms with E-state index in [0.29, 0.717) is 18.7 Å². The van der Waals surface area contributed by atoms with Crippen LogP contribution in [0, 0.1) is 0 Å². The molecule has 3 rings (SSSR count). The highest BCUT2D eigenvalue weighted by Gasteiger charge is 2.14. The van der Waals surface area contributed by atoms with E-state index in [1.54, 1.807) is 25.6 Å². The number of H-pyrrole nitrogens is 1. The number of hydrogen-bond acceptors (Lipinski definition) is 7. The number of pyridine rings is 1. The number of tetrazole rings is 1. The molecule has 0 bridgehead atoms. The van der Waals surface area contributed by atoms with Crippen molar-refractivity contribution in [1.29, 1.82) is 0 Å². The number of aromatic amines is 1.